The van der Waals surface area contributed by atoms with Gasteiger partial charge in [-0.2, -0.15) is 10.2 Å². The molecule has 2 aromatic rings. The highest BCUT2D eigenvalue weighted by Gasteiger charge is 2.15. The zero-order valence-corrected chi connectivity index (χ0v) is 11.9. The highest BCUT2D eigenvalue weighted by molar-refractivity contribution is 7.89. The van der Waals surface area contributed by atoms with Crippen molar-refractivity contribution in [3.8, 4) is 0 Å². The number of nitrogens with zero attached hydrogens (tertiary/aromatic N) is 2. The summed E-state index contributed by atoms with van der Waals surface area (Å²) in [4.78, 5) is 0.201. The average molecular weight is 292 g/mol. The van der Waals surface area contributed by atoms with Gasteiger partial charge in [-0.05, 0) is 42.3 Å². The Balaban J connectivity index is 2.18. The first-order chi connectivity index (χ1) is 9.53. The van der Waals surface area contributed by atoms with E-state index in [1.54, 1.807) is 30.3 Å². The number of rotatable bonds is 5. The van der Waals surface area contributed by atoms with Crippen molar-refractivity contribution in [2.45, 2.75) is 24.9 Å². The Hall–Kier alpha value is -1.83. The Morgan fingerprint density at radius 1 is 1.30 bits per heavy atom. The third-order valence-electron chi connectivity index (χ3n) is 2.92. The van der Waals surface area contributed by atoms with Gasteiger partial charge in [0.2, 0.25) is 10.0 Å². The first kappa shape index (κ1) is 14.6. The fourth-order valence-corrected chi connectivity index (χ4v) is 2.76. The van der Waals surface area contributed by atoms with Gasteiger partial charge < -0.3 is 5.73 Å². The molecule has 0 amide bonds. The first-order valence-corrected chi connectivity index (χ1v) is 7.57. The van der Waals surface area contributed by atoms with E-state index in [4.69, 9.17) is 5.73 Å². The molecule has 0 atom stereocenters. The maximum Gasteiger partial charge on any atom is 0.240 e. The van der Waals surface area contributed by atoms with Crippen molar-refractivity contribution in [2.24, 2.45) is 5.73 Å². The van der Waals surface area contributed by atoms with Gasteiger partial charge in [0.1, 0.15) is 0 Å². The average Bonchev–Trinajstić information content (AvgIpc) is 2.46. The summed E-state index contributed by atoms with van der Waals surface area (Å²) in [6.07, 6.45) is 1.53. The quantitative estimate of drug-likeness (QED) is 0.846. The van der Waals surface area contributed by atoms with Gasteiger partial charge in [-0.15, -0.1) is 0 Å². The molecule has 0 saturated carbocycles. The molecule has 1 heterocycles. The van der Waals surface area contributed by atoms with E-state index in [-0.39, 0.29) is 11.4 Å². The van der Waals surface area contributed by atoms with E-state index >= 15 is 0 Å². The lowest BCUT2D eigenvalue weighted by Crippen LogP contribution is -2.24. The van der Waals surface area contributed by atoms with Crippen LogP contribution in [0.5, 0.6) is 0 Å². The van der Waals surface area contributed by atoms with Gasteiger partial charge in [0.15, 0.2) is 0 Å². The molecule has 1 aromatic carbocycles. The molecular formula is C13H16N4O2S. The van der Waals surface area contributed by atoms with Crippen LogP contribution < -0.4 is 10.5 Å². The van der Waals surface area contributed by atoms with Crippen LogP contribution in [0.25, 0.3) is 0 Å². The second-order valence-corrected chi connectivity index (χ2v) is 6.10. The van der Waals surface area contributed by atoms with E-state index < -0.39 is 10.0 Å². The minimum atomic E-state index is -3.58. The van der Waals surface area contributed by atoms with Crippen LogP contribution in [0, 0.1) is 6.92 Å². The Morgan fingerprint density at radius 3 is 2.75 bits per heavy atom. The number of hydrogen-bond acceptors (Lipinski definition) is 5. The maximum atomic E-state index is 12.2. The van der Waals surface area contributed by atoms with Crippen LogP contribution >= 0.6 is 0 Å². The summed E-state index contributed by atoms with van der Waals surface area (Å²) < 4.78 is 26.9. The Kier molecular flexibility index (Phi) is 4.43. The summed E-state index contributed by atoms with van der Waals surface area (Å²) in [6, 6.07) is 8.31. The molecular weight excluding hydrogens is 276 g/mol. The number of benzene rings is 1. The van der Waals surface area contributed by atoms with Crippen LogP contribution in [0.15, 0.2) is 41.4 Å². The highest BCUT2D eigenvalue weighted by atomic mass is 32.2. The van der Waals surface area contributed by atoms with Gasteiger partial charge in [-0.25, -0.2) is 13.1 Å². The second kappa shape index (κ2) is 6.08. The van der Waals surface area contributed by atoms with Gasteiger partial charge in [-0.1, -0.05) is 6.07 Å². The standard InChI is InChI=1S/C13H16N4O2S/c1-10-4-5-13(7-11(10)8-14)20(18,19)16-9-12-3-2-6-15-17-12/h2-7,16H,8-9,14H2,1H3. The van der Waals surface area contributed by atoms with E-state index in [9.17, 15) is 8.42 Å². The van der Waals surface area contributed by atoms with Gasteiger partial charge in [-0.3, -0.25) is 0 Å². The van der Waals surface area contributed by atoms with Crippen molar-refractivity contribution in [1.82, 2.24) is 14.9 Å². The Morgan fingerprint density at radius 2 is 2.10 bits per heavy atom. The van der Waals surface area contributed by atoms with Gasteiger partial charge in [0.05, 0.1) is 17.1 Å². The highest BCUT2D eigenvalue weighted by Crippen LogP contribution is 2.15. The Bertz CT molecular complexity index is 687. The predicted molar refractivity (Wildman–Crippen MR) is 75.1 cm³/mol. The summed E-state index contributed by atoms with van der Waals surface area (Å²) >= 11 is 0. The number of sulfonamides is 1. The molecule has 0 radical (unpaired) electrons. The number of nitrogens with two attached hydrogens (primary N) is 1. The van der Waals surface area contributed by atoms with E-state index in [2.05, 4.69) is 14.9 Å². The SMILES string of the molecule is Cc1ccc(S(=O)(=O)NCc2cccnn2)cc1CN. The monoisotopic (exact) mass is 292 g/mol. The molecule has 0 spiro atoms. The molecule has 0 bridgehead atoms. The van der Waals surface area contributed by atoms with Crippen molar-refractivity contribution < 1.29 is 8.42 Å². The van der Waals surface area contributed by atoms with Crippen molar-refractivity contribution in [2.75, 3.05) is 0 Å². The lowest BCUT2D eigenvalue weighted by Gasteiger charge is -2.09. The number of aromatic nitrogens is 2. The summed E-state index contributed by atoms with van der Waals surface area (Å²) in [5, 5.41) is 7.52. The summed E-state index contributed by atoms with van der Waals surface area (Å²) in [5.41, 5.74) is 7.94. The van der Waals surface area contributed by atoms with Crippen molar-refractivity contribution in [3.63, 3.8) is 0 Å². The lowest BCUT2D eigenvalue weighted by atomic mass is 10.1. The molecule has 0 aliphatic carbocycles. The minimum Gasteiger partial charge on any atom is -0.326 e. The fourth-order valence-electron chi connectivity index (χ4n) is 1.71. The van der Waals surface area contributed by atoms with E-state index in [1.807, 2.05) is 6.92 Å². The molecule has 106 valence electrons. The van der Waals surface area contributed by atoms with E-state index in [1.165, 1.54) is 6.20 Å². The normalized spacial score (nSPS) is 11.5. The predicted octanol–water partition coefficient (Wildman–Crippen LogP) is 0.722. The van der Waals surface area contributed by atoms with Crippen molar-refractivity contribution >= 4 is 10.0 Å². The zero-order chi connectivity index (χ0) is 14.6. The van der Waals surface area contributed by atoms with E-state index in [0.29, 0.717) is 12.2 Å². The molecule has 20 heavy (non-hydrogen) atoms. The second-order valence-electron chi connectivity index (χ2n) is 4.33. The number of hydrogen-bond donors (Lipinski definition) is 2. The zero-order valence-electron chi connectivity index (χ0n) is 11.1. The Labute approximate surface area is 118 Å². The molecule has 7 heteroatoms. The molecule has 2 rings (SSSR count). The van der Waals surface area contributed by atoms with Crippen LogP contribution in [0.1, 0.15) is 16.8 Å². The molecule has 3 N–H and O–H groups in total. The van der Waals surface area contributed by atoms with Gasteiger partial charge in [0, 0.05) is 12.7 Å². The third-order valence-corrected chi connectivity index (χ3v) is 4.32. The van der Waals surface area contributed by atoms with Crippen LogP contribution in [-0.2, 0) is 23.1 Å². The van der Waals surface area contributed by atoms with Gasteiger partial charge in [0.25, 0.3) is 0 Å². The molecule has 1 aromatic heterocycles. The molecule has 0 unspecified atom stereocenters. The van der Waals surface area contributed by atoms with Crippen LogP contribution in [0.4, 0.5) is 0 Å². The fraction of sp³-hybridized carbons (Fsp3) is 0.231. The molecule has 0 fully saturated rings. The number of nitrogens with one attached hydrogen (secondary N) is 1. The van der Waals surface area contributed by atoms with Crippen molar-refractivity contribution in [3.05, 3.63) is 53.3 Å². The molecule has 0 aliphatic rings. The molecule has 0 saturated heterocycles. The molecule has 6 nitrogen and oxygen atoms in total. The minimum absolute atomic E-state index is 0.0992. The summed E-state index contributed by atoms with van der Waals surface area (Å²) in [5.74, 6) is 0. The van der Waals surface area contributed by atoms with E-state index in [0.717, 1.165) is 11.1 Å². The van der Waals surface area contributed by atoms with Crippen LogP contribution in [0.3, 0.4) is 0 Å². The maximum absolute atomic E-state index is 12.2. The lowest BCUT2D eigenvalue weighted by molar-refractivity contribution is 0.579. The number of aryl methyl sites for hydroxylation is 1. The van der Waals surface area contributed by atoms with Crippen LogP contribution in [0.2, 0.25) is 0 Å². The smallest absolute Gasteiger partial charge is 0.240 e. The largest absolute Gasteiger partial charge is 0.326 e. The summed E-state index contributed by atoms with van der Waals surface area (Å²) in [7, 11) is -3.58. The van der Waals surface area contributed by atoms with Crippen molar-refractivity contribution in [1.29, 1.82) is 0 Å². The van der Waals surface area contributed by atoms with Crippen LogP contribution in [-0.4, -0.2) is 18.6 Å². The summed E-state index contributed by atoms with van der Waals surface area (Å²) in [6.45, 7) is 2.30. The molecule has 0 aliphatic heterocycles. The third kappa shape index (κ3) is 3.38. The van der Waals surface area contributed by atoms with Gasteiger partial charge >= 0.3 is 0 Å². The first-order valence-electron chi connectivity index (χ1n) is 6.09. The topological polar surface area (TPSA) is 98.0 Å².